The van der Waals surface area contributed by atoms with E-state index >= 15 is 0 Å². The van der Waals surface area contributed by atoms with E-state index in [1.54, 1.807) is 6.33 Å². The molecule has 4 heteroatoms. The van der Waals surface area contributed by atoms with E-state index in [1.165, 1.54) is 0 Å². The molecule has 2 N–H and O–H groups in total. The molecule has 0 unspecified atom stereocenters. The number of H-pyrrole nitrogens is 1. The van der Waals surface area contributed by atoms with E-state index in [4.69, 9.17) is 4.74 Å². The normalized spacial score (nSPS) is 11.1. The highest BCUT2D eigenvalue weighted by Gasteiger charge is 1.95. The number of aromatic amines is 1. The van der Waals surface area contributed by atoms with Crippen LogP contribution >= 0.6 is 0 Å². The largest absolute Gasteiger partial charge is 0.381 e. The van der Waals surface area contributed by atoms with Gasteiger partial charge in [-0.2, -0.15) is 0 Å². The lowest BCUT2D eigenvalue weighted by Gasteiger charge is -2.06. The van der Waals surface area contributed by atoms with Gasteiger partial charge in [0.05, 0.1) is 6.33 Å². The molecule has 0 atom stereocenters. The molecule has 15 heavy (non-hydrogen) atoms. The van der Waals surface area contributed by atoms with Gasteiger partial charge in [0, 0.05) is 31.6 Å². The monoisotopic (exact) mass is 211 g/mol. The fraction of sp³-hybridized carbons (Fsp3) is 0.727. The van der Waals surface area contributed by atoms with Gasteiger partial charge in [0.2, 0.25) is 0 Å². The standard InChI is InChI=1S/C11H21N3O/c1-10(2)8-15-5-3-4-12-6-11-7-13-9-14-11/h7,9-10,12H,3-6,8H2,1-2H3,(H,13,14). The van der Waals surface area contributed by atoms with Gasteiger partial charge in [-0.15, -0.1) is 0 Å². The minimum absolute atomic E-state index is 0.628. The lowest BCUT2D eigenvalue weighted by Crippen LogP contribution is -2.17. The van der Waals surface area contributed by atoms with Gasteiger partial charge in [-0.05, 0) is 18.9 Å². The van der Waals surface area contributed by atoms with Crippen molar-refractivity contribution in [2.45, 2.75) is 26.8 Å². The zero-order chi connectivity index (χ0) is 10.9. The Bertz CT molecular complexity index is 234. The van der Waals surface area contributed by atoms with E-state index in [2.05, 4.69) is 29.1 Å². The van der Waals surface area contributed by atoms with E-state index in [9.17, 15) is 0 Å². The molecular formula is C11H21N3O. The summed E-state index contributed by atoms with van der Waals surface area (Å²) in [6, 6.07) is 0. The van der Waals surface area contributed by atoms with Crippen molar-refractivity contribution in [3.8, 4) is 0 Å². The second-order valence-corrected chi connectivity index (χ2v) is 4.08. The van der Waals surface area contributed by atoms with Crippen molar-refractivity contribution in [1.82, 2.24) is 15.3 Å². The first-order valence-corrected chi connectivity index (χ1v) is 5.54. The fourth-order valence-corrected chi connectivity index (χ4v) is 1.22. The Morgan fingerprint density at radius 2 is 2.40 bits per heavy atom. The average molecular weight is 211 g/mol. The molecule has 0 saturated carbocycles. The van der Waals surface area contributed by atoms with Gasteiger partial charge in [-0.3, -0.25) is 0 Å². The third-order valence-electron chi connectivity index (χ3n) is 1.96. The minimum atomic E-state index is 0.628. The van der Waals surface area contributed by atoms with E-state index in [1.807, 2.05) is 6.20 Å². The number of nitrogens with zero attached hydrogens (tertiary/aromatic N) is 1. The number of hydrogen-bond acceptors (Lipinski definition) is 3. The number of aromatic nitrogens is 2. The van der Waals surface area contributed by atoms with Gasteiger partial charge >= 0.3 is 0 Å². The van der Waals surface area contributed by atoms with Crippen molar-refractivity contribution in [1.29, 1.82) is 0 Å². The Morgan fingerprint density at radius 3 is 3.07 bits per heavy atom. The molecule has 0 saturated heterocycles. The van der Waals surface area contributed by atoms with Crippen LogP contribution in [0.15, 0.2) is 12.5 Å². The maximum absolute atomic E-state index is 5.47. The Kier molecular flexibility index (Phi) is 6.04. The lowest BCUT2D eigenvalue weighted by atomic mass is 10.2. The van der Waals surface area contributed by atoms with Crippen molar-refractivity contribution in [3.63, 3.8) is 0 Å². The van der Waals surface area contributed by atoms with Crippen molar-refractivity contribution in [2.75, 3.05) is 19.8 Å². The van der Waals surface area contributed by atoms with Crippen LogP contribution in [0.4, 0.5) is 0 Å². The third kappa shape index (κ3) is 6.25. The van der Waals surface area contributed by atoms with E-state index in [0.717, 1.165) is 38.4 Å². The molecule has 0 aromatic carbocycles. The summed E-state index contributed by atoms with van der Waals surface area (Å²) >= 11 is 0. The van der Waals surface area contributed by atoms with Crippen LogP contribution in [0.5, 0.6) is 0 Å². The first-order chi connectivity index (χ1) is 7.29. The number of nitrogens with one attached hydrogen (secondary N) is 2. The van der Waals surface area contributed by atoms with Gasteiger partial charge < -0.3 is 15.0 Å². The zero-order valence-corrected chi connectivity index (χ0v) is 9.62. The van der Waals surface area contributed by atoms with Crippen LogP contribution in [0.1, 0.15) is 26.0 Å². The number of imidazole rings is 1. The molecule has 1 aromatic heterocycles. The molecule has 0 aliphatic heterocycles. The second-order valence-electron chi connectivity index (χ2n) is 4.08. The number of ether oxygens (including phenoxy) is 1. The summed E-state index contributed by atoms with van der Waals surface area (Å²) in [6.45, 7) is 7.86. The fourth-order valence-electron chi connectivity index (χ4n) is 1.22. The molecule has 0 aliphatic carbocycles. The first kappa shape index (κ1) is 12.2. The van der Waals surface area contributed by atoms with Gasteiger partial charge in [0.25, 0.3) is 0 Å². The van der Waals surface area contributed by atoms with Crippen molar-refractivity contribution < 1.29 is 4.74 Å². The van der Waals surface area contributed by atoms with Gasteiger partial charge in [-0.1, -0.05) is 13.8 Å². The Hall–Kier alpha value is -0.870. The van der Waals surface area contributed by atoms with Gasteiger partial charge in [0.15, 0.2) is 0 Å². The SMILES string of the molecule is CC(C)COCCCNCc1cnc[nH]1. The van der Waals surface area contributed by atoms with Crippen molar-refractivity contribution >= 4 is 0 Å². The van der Waals surface area contributed by atoms with Crippen LogP contribution in [0.2, 0.25) is 0 Å². The Labute approximate surface area is 91.4 Å². The molecule has 1 aromatic rings. The highest BCUT2D eigenvalue weighted by Crippen LogP contribution is 1.93. The molecule has 1 rings (SSSR count). The smallest absolute Gasteiger partial charge is 0.0922 e. The summed E-state index contributed by atoms with van der Waals surface area (Å²) in [4.78, 5) is 7.00. The number of rotatable bonds is 8. The Balaban J connectivity index is 1.85. The van der Waals surface area contributed by atoms with Crippen molar-refractivity contribution in [3.05, 3.63) is 18.2 Å². The van der Waals surface area contributed by atoms with Crippen LogP contribution in [0.3, 0.4) is 0 Å². The minimum Gasteiger partial charge on any atom is -0.381 e. The number of hydrogen-bond donors (Lipinski definition) is 2. The van der Waals surface area contributed by atoms with Crippen molar-refractivity contribution in [2.24, 2.45) is 5.92 Å². The molecule has 0 amide bonds. The topological polar surface area (TPSA) is 49.9 Å². The molecule has 86 valence electrons. The van der Waals surface area contributed by atoms with Crippen LogP contribution in [-0.2, 0) is 11.3 Å². The third-order valence-corrected chi connectivity index (χ3v) is 1.96. The van der Waals surface area contributed by atoms with E-state index < -0.39 is 0 Å². The van der Waals surface area contributed by atoms with E-state index in [0.29, 0.717) is 5.92 Å². The zero-order valence-electron chi connectivity index (χ0n) is 9.62. The average Bonchev–Trinajstić information content (AvgIpc) is 2.68. The van der Waals surface area contributed by atoms with Crippen LogP contribution < -0.4 is 5.32 Å². The predicted molar refractivity (Wildman–Crippen MR) is 60.6 cm³/mol. The molecule has 0 fully saturated rings. The molecule has 1 heterocycles. The molecule has 0 spiro atoms. The Morgan fingerprint density at radius 1 is 1.53 bits per heavy atom. The quantitative estimate of drug-likeness (QED) is 0.642. The summed E-state index contributed by atoms with van der Waals surface area (Å²) < 4.78 is 5.47. The first-order valence-electron chi connectivity index (χ1n) is 5.54. The maximum atomic E-state index is 5.47. The molecular weight excluding hydrogens is 190 g/mol. The summed E-state index contributed by atoms with van der Waals surface area (Å²) in [6.07, 6.45) is 4.59. The highest BCUT2D eigenvalue weighted by molar-refractivity contribution is 4.92. The summed E-state index contributed by atoms with van der Waals surface area (Å²) in [7, 11) is 0. The maximum Gasteiger partial charge on any atom is 0.0922 e. The lowest BCUT2D eigenvalue weighted by molar-refractivity contribution is 0.108. The summed E-state index contributed by atoms with van der Waals surface area (Å²) in [5.74, 6) is 0.628. The van der Waals surface area contributed by atoms with Gasteiger partial charge in [0.1, 0.15) is 0 Å². The molecule has 0 aliphatic rings. The molecule has 0 bridgehead atoms. The van der Waals surface area contributed by atoms with E-state index in [-0.39, 0.29) is 0 Å². The van der Waals surface area contributed by atoms with Crippen LogP contribution in [-0.4, -0.2) is 29.7 Å². The predicted octanol–water partition coefficient (Wildman–Crippen LogP) is 1.56. The molecule has 0 radical (unpaired) electrons. The summed E-state index contributed by atoms with van der Waals surface area (Å²) in [5, 5.41) is 3.32. The van der Waals surface area contributed by atoms with Crippen LogP contribution in [0.25, 0.3) is 0 Å². The van der Waals surface area contributed by atoms with Gasteiger partial charge in [-0.25, -0.2) is 4.98 Å². The second kappa shape index (κ2) is 7.43. The van der Waals surface area contributed by atoms with Crippen LogP contribution in [0, 0.1) is 5.92 Å². The molecule has 4 nitrogen and oxygen atoms in total. The summed E-state index contributed by atoms with van der Waals surface area (Å²) in [5.41, 5.74) is 1.12. The highest BCUT2D eigenvalue weighted by atomic mass is 16.5.